The molecular formula is C11H15N7O. The molecule has 2 heterocycles. The van der Waals surface area contributed by atoms with Gasteiger partial charge in [-0.2, -0.15) is 20.1 Å². The summed E-state index contributed by atoms with van der Waals surface area (Å²) in [4.78, 5) is 12.8. The van der Waals surface area contributed by atoms with Crippen LogP contribution in [0.3, 0.4) is 0 Å². The predicted octanol–water partition coefficient (Wildman–Crippen LogP) is 0.0342. The summed E-state index contributed by atoms with van der Waals surface area (Å²) in [7, 11) is 1.75. The van der Waals surface area contributed by atoms with Crippen LogP contribution >= 0.6 is 0 Å². The van der Waals surface area contributed by atoms with Gasteiger partial charge in [0.05, 0.1) is 6.10 Å². The molecule has 3 rings (SSSR count). The summed E-state index contributed by atoms with van der Waals surface area (Å²) in [5.74, 6) is 1.41. The van der Waals surface area contributed by atoms with Crippen LogP contribution in [0, 0.1) is 0 Å². The van der Waals surface area contributed by atoms with Gasteiger partial charge in [0.15, 0.2) is 0 Å². The first-order valence-electron chi connectivity index (χ1n) is 6.13. The van der Waals surface area contributed by atoms with E-state index in [9.17, 15) is 5.11 Å². The van der Waals surface area contributed by atoms with Crippen LogP contribution in [-0.2, 0) is 0 Å². The van der Waals surface area contributed by atoms with E-state index in [0.717, 1.165) is 12.8 Å². The highest BCUT2D eigenvalue weighted by Gasteiger charge is 2.27. The highest BCUT2D eigenvalue weighted by Crippen LogP contribution is 2.23. The van der Waals surface area contributed by atoms with Gasteiger partial charge < -0.3 is 15.7 Å². The molecule has 0 saturated heterocycles. The molecular weight excluding hydrogens is 246 g/mol. The lowest BCUT2D eigenvalue weighted by atomic mass is 9.90. The van der Waals surface area contributed by atoms with Crippen molar-refractivity contribution in [1.29, 1.82) is 0 Å². The maximum absolute atomic E-state index is 9.28. The number of hydrogen-bond donors (Lipinski definition) is 3. The highest BCUT2D eigenvalue weighted by atomic mass is 16.3. The molecule has 0 unspecified atom stereocenters. The Morgan fingerprint density at radius 3 is 2.68 bits per heavy atom. The van der Waals surface area contributed by atoms with Gasteiger partial charge in [0.1, 0.15) is 0 Å². The van der Waals surface area contributed by atoms with E-state index in [1.165, 1.54) is 0 Å². The van der Waals surface area contributed by atoms with E-state index in [-0.39, 0.29) is 12.1 Å². The summed E-state index contributed by atoms with van der Waals surface area (Å²) < 4.78 is 1.57. The Morgan fingerprint density at radius 2 is 2.05 bits per heavy atom. The number of aliphatic hydroxyl groups excluding tert-OH is 1. The average molecular weight is 261 g/mol. The van der Waals surface area contributed by atoms with E-state index in [2.05, 4.69) is 30.7 Å². The van der Waals surface area contributed by atoms with E-state index in [0.29, 0.717) is 17.8 Å². The molecule has 100 valence electrons. The number of hydrogen-bond acceptors (Lipinski definition) is 7. The summed E-state index contributed by atoms with van der Waals surface area (Å²) in [6.45, 7) is 0. The van der Waals surface area contributed by atoms with Gasteiger partial charge in [0.2, 0.25) is 11.9 Å². The molecule has 2 aromatic rings. The molecule has 0 aromatic carbocycles. The number of aliphatic hydroxyl groups is 1. The van der Waals surface area contributed by atoms with Crippen LogP contribution in [0.2, 0.25) is 0 Å². The van der Waals surface area contributed by atoms with Crippen LogP contribution in [0.1, 0.15) is 12.8 Å². The molecule has 8 nitrogen and oxygen atoms in total. The monoisotopic (exact) mass is 261 g/mol. The van der Waals surface area contributed by atoms with Crippen molar-refractivity contribution in [2.75, 3.05) is 17.7 Å². The van der Waals surface area contributed by atoms with Crippen molar-refractivity contribution in [3.05, 3.63) is 18.5 Å². The standard InChI is InChI=1S/C11H15N7O/c1-12-9-15-10(14-7-5-8(19)6-7)17-11(16-9)18-4-2-3-13-18/h2-4,7-8,19H,5-6H2,1H3,(H2,12,14,15,16,17). The predicted molar refractivity (Wildman–Crippen MR) is 69.1 cm³/mol. The van der Waals surface area contributed by atoms with E-state index in [1.54, 1.807) is 30.2 Å². The molecule has 19 heavy (non-hydrogen) atoms. The van der Waals surface area contributed by atoms with E-state index in [4.69, 9.17) is 0 Å². The van der Waals surface area contributed by atoms with Crippen molar-refractivity contribution in [3.8, 4) is 5.95 Å². The van der Waals surface area contributed by atoms with Gasteiger partial charge in [-0.15, -0.1) is 0 Å². The minimum absolute atomic E-state index is 0.214. The Morgan fingerprint density at radius 1 is 1.26 bits per heavy atom. The van der Waals surface area contributed by atoms with E-state index < -0.39 is 0 Å². The SMILES string of the molecule is CNc1nc(NC2CC(O)C2)nc(-n2cccn2)n1. The Hall–Kier alpha value is -2.22. The Bertz CT molecular complexity index is 550. The van der Waals surface area contributed by atoms with Crippen LogP contribution in [-0.4, -0.2) is 49.0 Å². The Labute approximate surface area is 109 Å². The lowest BCUT2D eigenvalue weighted by Crippen LogP contribution is -2.39. The lowest BCUT2D eigenvalue weighted by Gasteiger charge is -2.31. The minimum atomic E-state index is -0.214. The first-order valence-corrected chi connectivity index (χ1v) is 6.13. The zero-order valence-electron chi connectivity index (χ0n) is 10.5. The second kappa shape index (κ2) is 4.81. The van der Waals surface area contributed by atoms with Gasteiger partial charge >= 0.3 is 0 Å². The smallest absolute Gasteiger partial charge is 0.257 e. The molecule has 1 aliphatic rings. The van der Waals surface area contributed by atoms with Crippen molar-refractivity contribution in [2.24, 2.45) is 0 Å². The molecule has 1 saturated carbocycles. The molecule has 2 aromatic heterocycles. The topological polar surface area (TPSA) is 101 Å². The lowest BCUT2D eigenvalue weighted by molar-refractivity contribution is 0.0834. The maximum Gasteiger partial charge on any atom is 0.257 e. The van der Waals surface area contributed by atoms with E-state index >= 15 is 0 Å². The largest absolute Gasteiger partial charge is 0.393 e. The third kappa shape index (κ3) is 2.48. The normalized spacial score (nSPS) is 21.8. The quantitative estimate of drug-likeness (QED) is 0.714. The second-order valence-corrected chi connectivity index (χ2v) is 4.45. The molecule has 0 radical (unpaired) electrons. The molecule has 0 atom stereocenters. The number of nitrogens with zero attached hydrogens (tertiary/aromatic N) is 5. The molecule has 8 heteroatoms. The number of aromatic nitrogens is 5. The fourth-order valence-corrected chi connectivity index (χ4v) is 1.92. The van der Waals surface area contributed by atoms with Crippen LogP contribution < -0.4 is 10.6 Å². The molecule has 0 aliphatic heterocycles. The van der Waals surface area contributed by atoms with Gasteiger partial charge in [-0.25, -0.2) is 4.68 Å². The van der Waals surface area contributed by atoms with Gasteiger partial charge in [-0.3, -0.25) is 0 Å². The van der Waals surface area contributed by atoms with Gasteiger partial charge in [0, 0.05) is 25.5 Å². The maximum atomic E-state index is 9.28. The number of anilines is 2. The van der Waals surface area contributed by atoms with Gasteiger partial charge in [-0.1, -0.05) is 0 Å². The van der Waals surface area contributed by atoms with Crippen LogP contribution in [0.25, 0.3) is 5.95 Å². The van der Waals surface area contributed by atoms with E-state index in [1.807, 2.05) is 0 Å². The zero-order chi connectivity index (χ0) is 13.2. The van der Waals surface area contributed by atoms with Crippen LogP contribution in [0.5, 0.6) is 0 Å². The van der Waals surface area contributed by atoms with Crippen molar-refractivity contribution >= 4 is 11.9 Å². The molecule has 3 N–H and O–H groups in total. The summed E-state index contributed by atoms with van der Waals surface area (Å²) in [5, 5.41) is 19.5. The van der Waals surface area contributed by atoms with Crippen molar-refractivity contribution in [1.82, 2.24) is 24.7 Å². The van der Waals surface area contributed by atoms with Gasteiger partial charge in [0.25, 0.3) is 5.95 Å². The molecule has 1 fully saturated rings. The molecule has 1 aliphatic carbocycles. The summed E-state index contributed by atoms with van der Waals surface area (Å²) in [6, 6.07) is 2.02. The molecule has 0 bridgehead atoms. The summed E-state index contributed by atoms with van der Waals surface area (Å²) in [5.41, 5.74) is 0. The Kier molecular flexibility index (Phi) is 3.00. The fourth-order valence-electron chi connectivity index (χ4n) is 1.92. The second-order valence-electron chi connectivity index (χ2n) is 4.45. The zero-order valence-corrected chi connectivity index (χ0v) is 10.5. The highest BCUT2D eigenvalue weighted by molar-refractivity contribution is 5.38. The molecule has 0 spiro atoms. The molecule has 0 amide bonds. The van der Waals surface area contributed by atoms with Crippen LogP contribution in [0.4, 0.5) is 11.9 Å². The summed E-state index contributed by atoms with van der Waals surface area (Å²) >= 11 is 0. The van der Waals surface area contributed by atoms with Crippen LogP contribution in [0.15, 0.2) is 18.5 Å². The third-order valence-electron chi connectivity index (χ3n) is 3.00. The van der Waals surface area contributed by atoms with Crippen molar-refractivity contribution < 1.29 is 5.11 Å². The average Bonchev–Trinajstić information content (AvgIpc) is 2.90. The number of nitrogens with one attached hydrogen (secondary N) is 2. The summed E-state index contributed by atoms with van der Waals surface area (Å²) in [6.07, 6.45) is 4.66. The van der Waals surface area contributed by atoms with Crippen molar-refractivity contribution in [2.45, 2.75) is 25.0 Å². The number of rotatable bonds is 4. The third-order valence-corrected chi connectivity index (χ3v) is 3.00. The fraction of sp³-hybridized carbons (Fsp3) is 0.455. The Balaban J connectivity index is 1.85. The minimum Gasteiger partial charge on any atom is -0.393 e. The van der Waals surface area contributed by atoms with Gasteiger partial charge in [-0.05, 0) is 18.9 Å². The van der Waals surface area contributed by atoms with Crippen molar-refractivity contribution in [3.63, 3.8) is 0 Å². The first kappa shape index (κ1) is 11.8. The first-order chi connectivity index (χ1) is 9.24.